The molecule has 2 aromatic heterocycles. The molecule has 3 aromatic rings. The molecule has 0 aliphatic carbocycles. The van der Waals surface area contributed by atoms with E-state index in [0.29, 0.717) is 30.3 Å². The second kappa shape index (κ2) is 11.1. The second-order valence-electron chi connectivity index (χ2n) is 10.9. The lowest BCUT2D eigenvalue weighted by Crippen LogP contribution is -2.59. The Kier molecular flexibility index (Phi) is 7.74. The fraction of sp³-hybridized carbons (Fsp3) is 0.355. The van der Waals surface area contributed by atoms with E-state index in [1.807, 2.05) is 36.6 Å². The van der Waals surface area contributed by atoms with Gasteiger partial charge in [0.2, 0.25) is 5.91 Å². The summed E-state index contributed by atoms with van der Waals surface area (Å²) in [6.07, 6.45) is 3.13. The number of aliphatic imine (C=N–C) groups is 1. The van der Waals surface area contributed by atoms with Crippen LogP contribution in [-0.4, -0.2) is 68.5 Å². The monoisotopic (exact) mass is 576 g/mol. The average molecular weight is 577 g/mol. The number of anilines is 2. The smallest absolute Gasteiger partial charge is 0.246 e. The van der Waals surface area contributed by atoms with Crippen molar-refractivity contribution in [2.75, 3.05) is 24.7 Å². The van der Waals surface area contributed by atoms with Crippen LogP contribution in [0.25, 0.3) is 11.3 Å². The average Bonchev–Trinajstić information content (AvgIpc) is 2.93. The van der Waals surface area contributed by atoms with Crippen molar-refractivity contribution in [3.63, 3.8) is 0 Å². The first kappa shape index (κ1) is 28.5. The number of rotatable bonds is 4. The Morgan fingerprint density at radius 2 is 1.98 bits per heavy atom. The quantitative estimate of drug-likeness (QED) is 0.381. The summed E-state index contributed by atoms with van der Waals surface area (Å²) in [5.74, 6) is 0.390. The van der Waals surface area contributed by atoms with Gasteiger partial charge in [0.15, 0.2) is 0 Å². The van der Waals surface area contributed by atoms with Gasteiger partial charge in [0.1, 0.15) is 29.9 Å². The van der Waals surface area contributed by atoms with Crippen LogP contribution >= 0.6 is 11.6 Å². The van der Waals surface area contributed by atoms with Crippen molar-refractivity contribution in [3.8, 4) is 17.0 Å². The molecule has 214 valence electrons. The van der Waals surface area contributed by atoms with Crippen LogP contribution in [0.5, 0.6) is 5.75 Å². The SMILES string of the molecule is C=CC(=O)N1C[C@H](C)N(C2=NCN(c3c(C)ccnc3C(C)C)c3nc(-c4c(O)cccc4F)c(Cl)cc32)C[C@H]1C. The number of piperazine rings is 1. The lowest BCUT2D eigenvalue weighted by atomic mass is 10.0. The number of aromatic hydroxyl groups is 1. The van der Waals surface area contributed by atoms with Crippen LogP contribution in [0.1, 0.15) is 50.4 Å². The van der Waals surface area contributed by atoms with E-state index < -0.39 is 5.82 Å². The van der Waals surface area contributed by atoms with Gasteiger partial charge < -0.3 is 19.8 Å². The summed E-state index contributed by atoms with van der Waals surface area (Å²) in [5, 5.41) is 10.8. The van der Waals surface area contributed by atoms with Crippen LogP contribution in [-0.2, 0) is 4.79 Å². The zero-order valence-electron chi connectivity index (χ0n) is 23.9. The highest BCUT2D eigenvalue weighted by atomic mass is 35.5. The van der Waals surface area contributed by atoms with Crippen LogP contribution < -0.4 is 4.90 Å². The van der Waals surface area contributed by atoms with Crippen molar-refractivity contribution in [1.82, 2.24) is 19.8 Å². The third-order valence-corrected chi connectivity index (χ3v) is 8.02. The number of nitrogens with zero attached hydrogens (tertiary/aromatic N) is 6. The molecule has 2 aliphatic rings. The maximum Gasteiger partial charge on any atom is 0.246 e. The number of pyridine rings is 2. The molecule has 0 saturated carbocycles. The molecular weight excluding hydrogens is 543 g/mol. The van der Waals surface area contributed by atoms with Gasteiger partial charge in [-0.15, -0.1) is 0 Å². The Bertz CT molecular complexity index is 1540. The van der Waals surface area contributed by atoms with Gasteiger partial charge in [0, 0.05) is 31.4 Å². The number of aryl methyl sites for hydroxylation is 1. The molecule has 0 radical (unpaired) electrons. The number of amides is 1. The van der Waals surface area contributed by atoms with E-state index in [0.717, 1.165) is 16.9 Å². The zero-order chi connectivity index (χ0) is 29.6. The minimum atomic E-state index is -0.624. The van der Waals surface area contributed by atoms with Gasteiger partial charge in [0.25, 0.3) is 0 Å². The first-order valence-electron chi connectivity index (χ1n) is 13.7. The first-order chi connectivity index (χ1) is 19.5. The third kappa shape index (κ3) is 5.03. The van der Waals surface area contributed by atoms with Crippen LogP contribution in [0.3, 0.4) is 0 Å². The van der Waals surface area contributed by atoms with Crippen LogP contribution in [0, 0.1) is 12.7 Å². The molecular formula is C31H34ClFN6O2. The molecule has 10 heteroatoms. The number of carbonyl (C=O) groups excluding carboxylic acids is 1. The molecule has 1 N–H and O–H groups in total. The molecule has 0 spiro atoms. The van der Waals surface area contributed by atoms with E-state index in [4.69, 9.17) is 21.6 Å². The highest BCUT2D eigenvalue weighted by Gasteiger charge is 2.37. The number of fused-ring (bicyclic) bond motifs is 1. The summed E-state index contributed by atoms with van der Waals surface area (Å²) >= 11 is 6.79. The van der Waals surface area contributed by atoms with Crippen molar-refractivity contribution in [2.45, 2.75) is 52.6 Å². The number of carbonyl (C=O) groups is 1. The molecule has 5 rings (SSSR count). The second-order valence-corrected chi connectivity index (χ2v) is 11.3. The fourth-order valence-corrected chi connectivity index (χ4v) is 5.92. The van der Waals surface area contributed by atoms with Crippen molar-refractivity contribution in [2.24, 2.45) is 4.99 Å². The van der Waals surface area contributed by atoms with Gasteiger partial charge in [-0.25, -0.2) is 14.4 Å². The van der Waals surface area contributed by atoms with E-state index in [1.54, 1.807) is 12.3 Å². The Morgan fingerprint density at radius 1 is 1.22 bits per heavy atom. The van der Waals surface area contributed by atoms with E-state index in [-0.39, 0.29) is 52.6 Å². The highest BCUT2D eigenvalue weighted by Crippen LogP contribution is 2.43. The Labute approximate surface area is 244 Å². The zero-order valence-corrected chi connectivity index (χ0v) is 24.7. The van der Waals surface area contributed by atoms with Crippen LogP contribution in [0.4, 0.5) is 15.9 Å². The number of phenols is 1. The van der Waals surface area contributed by atoms with E-state index in [1.165, 1.54) is 24.3 Å². The van der Waals surface area contributed by atoms with Gasteiger partial charge in [-0.1, -0.05) is 38.1 Å². The number of hydrogen-bond acceptors (Lipinski definition) is 7. The van der Waals surface area contributed by atoms with Crippen LogP contribution in [0.15, 0.2) is 54.2 Å². The number of benzene rings is 1. The standard InChI is InChI=1S/C31H34ClFN6O2/c1-7-25(41)37-14-20(6)38(15-19(37)5)30-21-13-22(32)28(26-23(33)9-8-10-24(26)40)36-31(21)39(16-35-30)29-18(4)11-12-34-27(29)17(2)3/h7-13,17,19-20,40H,1,14-16H2,2-6H3/t19-,20+/m1/s1. The molecule has 41 heavy (non-hydrogen) atoms. The van der Waals surface area contributed by atoms with Crippen molar-refractivity contribution < 1.29 is 14.3 Å². The maximum absolute atomic E-state index is 15.0. The van der Waals surface area contributed by atoms with Crippen LogP contribution in [0.2, 0.25) is 5.02 Å². The topological polar surface area (TPSA) is 85.2 Å². The minimum Gasteiger partial charge on any atom is -0.507 e. The molecule has 2 atom stereocenters. The minimum absolute atomic E-state index is 0.0475. The van der Waals surface area contributed by atoms with Gasteiger partial charge in [-0.3, -0.25) is 9.78 Å². The molecule has 1 aromatic carbocycles. The normalized spacial score (nSPS) is 18.8. The molecule has 1 saturated heterocycles. The van der Waals surface area contributed by atoms with Crippen molar-refractivity contribution in [1.29, 1.82) is 0 Å². The lowest BCUT2D eigenvalue weighted by Gasteiger charge is -2.46. The molecule has 1 amide bonds. The molecule has 8 nitrogen and oxygen atoms in total. The highest BCUT2D eigenvalue weighted by molar-refractivity contribution is 6.33. The predicted octanol–water partition coefficient (Wildman–Crippen LogP) is 6.04. The third-order valence-electron chi connectivity index (χ3n) is 7.73. The summed E-state index contributed by atoms with van der Waals surface area (Å²) in [6, 6.07) is 7.68. The van der Waals surface area contributed by atoms with Gasteiger partial charge in [-0.05, 0) is 62.6 Å². The lowest BCUT2D eigenvalue weighted by molar-refractivity contribution is -0.130. The summed E-state index contributed by atoms with van der Waals surface area (Å²) in [4.78, 5) is 33.1. The Balaban J connectivity index is 1.69. The molecule has 1 fully saturated rings. The number of phenolic OH excluding ortho intramolecular Hbond substituents is 1. The number of amidine groups is 1. The summed E-state index contributed by atoms with van der Waals surface area (Å²) < 4.78 is 15.0. The summed E-state index contributed by atoms with van der Waals surface area (Å²) in [7, 11) is 0. The summed E-state index contributed by atoms with van der Waals surface area (Å²) in [5.41, 5.74) is 3.53. The molecule has 4 heterocycles. The molecule has 2 aliphatic heterocycles. The van der Waals surface area contributed by atoms with E-state index in [9.17, 15) is 9.90 Å². The number of aromatic nitrogens is 2. The number of hydrogen-bond donors (Lipinski definition) is 1. The van der Waals surface area contributed by atoms with Crippen molar-refractivity contribution >= 4 is 34.8 Å². The molecule has 0 unspecified atom stereocenters. The van der Waals surface area contributed by atoms with E-state index >= 15 is 4.39 Å². The Morgan fingerprint density at radius 3 is 2.66 bits per heavy atom. The maximum atomic E-state index is 15.0. The van der Waals surface area contributed by atoms with Gasteiger partial charge in [0.05, 0.1) is 33.2 Å². The predicted molar refractivity (Wildman–Crippen MR) is 160 cm³/mol. The fourth-order valence-electron chi connectivity index (χ4n) is 5.68. The van der Waals surface area contributed by atoms with Crippen molar-refractivity contribution in [3.05, 3.63) is 76.8 Å². The van der Waals surface area contributed by atoms with Gasteiger partial charge in [-0.2, -0.15) is 0 Å². The Hall–Kier alpha value is -3.98. The number of halogens is 2. The first-order valence-corrected chi connectivity index (χ1v) is 14.1. The van der Waals surface area contributed by atoms with Gasteiger partial charge >= 0.3 is 0 Å². The largest absolute Gasteiger partial charge is 0.507 e. The molecule has 0 bridgehead atoms. The van der Waals surface area contributed by atoms with E-state index in [2.05, 4.69) is 30.3 Å². The summed E-state index contributed by atoms with van der Waals surface area (Å²) in [6.45, 7) is 15.2.